The summed E-state index contributed by atoms with van der Waals surface area (Å²) in [5.74, 6) is 0.835. The monoisotopic (exact) mass is 292 g/mol. The van der Waals surface area contributed by atoms with Gasteiger partial charge in [-0.3, -0.25) is 4.90 Å². The molecule has 0 radical (unpaired) electrons. The largest absolute Gasteiger partial charge is 0.308 e. The zero-order valence-electron chi connectivity index (χ0n) is 13.8. The average molecular weight is 292 g/mol. The molecule has 1 aromatic heterocycles. The summed E-state index contributed by atoms with van der Waals surface area (Å²) < 4.78 is 0. The predicted octanol–water partition coefficient (Wildman–Crippen LogP) is 1.34. The minimum atomic E-state index is 0.245. The van der Waals surface area contributed by atoms with Crippen molar-refractivity contribution < 1.29 is 0 Å². The van der Waals surface area contributed by atoms with Crippen molar-refractivity contribution in [3.63, 3.8) is 0 Å². The lowest BCUT2D eigenvalue weighted by Crippen LogP contribution is -2.65. The Morgan fingerprint density at radius 1 is 1.29 bits per heavy atom. The van der Waals surface area contributed by atoms with Gasteiger partial charge < -0.3 is 5.32 Å². The summed E-state index contributed by atoms with van der Waals surface area (Å²) in [7, 11) is 1.83. The number of hydrogen-bond acceptors (Lipinski definition) is 5. The van der Waals surface area contributed by atoms with E-state index in [4.69, 9.17) is 0 Å². The molecule has 1 atom stereocenters. The number of hydrogen-bond donors (Lipinski definition) is 1. The van der Waals surface area contributed by atoms with Crippen molar-refractivity contribution in [3.8, 4) is 0 Å². The number of aromatic nitrogens is 4. The second-order valence-electron chi connectivity index (χ2n) is 7.85. The van der Waals surface area contributed by atoms with Gasteiger partial charge in [0.1, 0.15) is 0 Å². The first-order valence-corrected chi connectivity index (χ1v) is 8.10. The van der Waals surface area contributed by atoms with Crippen molar-refractivity contribution >= 4 is 0 Å². The quantitative estimate of drug-likeness (QED) is 0.891. The first-order chi connectivity index (χ1) is 9.88. The standard InChI is InChI=1S/C15H28N6/c1-14(2,3)12-9-16-15(7-5-6-8-15)11-21(12)10-13-17-19-20(4)18-13/h12,16H,5-11H2,1-4H3. The van der Waals surface area contributed by atoms with E-state index in [1.165, 1.54) is 25.7 Å². The van der Waals surface area contributed by atoms with Crippen LogP contribution in [0.25, 0.3) is 0 Å². The van der Waals surface area contributed by atoms with Crippen molar-refractivity contribution in [1.29, 1.82) is 0 Å². The Kier molecular flexibility index (Phi) is 3.78. The highest BCUT2D eigenvalue weighted by atomic mass is 15.6. The third kappa shape index (κ3) is 3.11. The molecule has 2 heterocycles. The van der Waals surface area contributed by atoms with E-state index in [1.807, 2.05) is 7.05 Å². The lowest BCUT2D eigenvalue weighted by atomic mass is 9.81. The molecule has 6 nitrogen and oxygen atoms in total. The summed E-state index contributed by atoms with van der Waals surface area (Å²) in [6, 6.07) is 0.507. The topological polar surface area (TPSA) is 58.9 Å². The molecule has 0 amide bonds. The maximum Gasteiger partial charge on any atom is 0.188 e. The average Bonchev–Trinajstić information content (AvgIpc) is 2.98. The van der Waals surface area contributed by atoms with E-state index in [1.54, 1.807) is 4.80 Å². The number of nitrogens with zero attached hydrogens (tertiary/aromatic N) is 5. The first kappa shape index (κ1) is 14.9. The molecule has 1 saturated heterocycles. The van der Waals surface area contributed by atoms with E-state index >= 15 is 0 Å². The molecule has 1 aliphatic heterocycles. The van der Waals surface area contributed by atoms with Gasteiger partial charge in [0.05, 0.1) is 13.6 Å². The van der Waals surface area contributed by atoms with Gasteiger partial charge in [0.25, 0.3) is 0 Å². The van der Waals surface area contributed by atoms with Gasteiger partial charge in [-0.05, 0) is 23.5 Å². The Balaban J connectivity index is 1.79. The molecule has 118 valence electrons. The van der Waals surface area contributed by atoms with Crippen molar-refractivity contribution in [2.24, 2.45) is 12.5 Å². The van der Waals surface area contributed by atoms with E-state index in [9.17, 15) is 0 Å². The second kappa shape index (κ2) is 5.32. The van der Waals surface area contributed by atoms with Gasteiger partial charge in [-0.1, -0.05) is 33.6 Å². The first-order valence-electron chi connectivity index (χ1n) is 8.10. The maximum absolute atomic E-state index is 4.37. The van der Waals surface area contributed by atoms with E-state index in [0.717, 1.165) is 25.5 Å². The van der Waals surface area contributed by atoms with E-state index in [-0.39, 0.29) is 5.41 Å². The number of nitrogens with one attached hydrogen (secondary N) is 1. The molecule has 1 unspecified atom stereocenters. The van der Waals surface area contributed by atoms with Gasteiger partial charge in [0.15, 0.2) is 5.82 Å². The van der Waals surface area contributed by atoms with E-state index < -0.39 is 0 Å². The molecular formula is C15H28N6. The molecule has 3 rings (SSSR count). The Morgan fingerprint density at radius 3 is 2.57 bits per heavy atom. The SMILES string of the molecule is Cn1nnc(CN2CC3(CCCC3)NCC2C(C)(C)C)n1. The van der Waals surface area contributed by atoms with Crippen molar-refractivity contribution in [3.05, 3.63) is 5.82 Å². The molecule has 21 heavy (non-hydrogen) atoms. The number of tetrazole rings is 1. The zero-order chi connectivity index (χ0) is 15.1. The summed E-state index contributed by atoms with van der Waals surface area (Å²) >= 11 is 0. The van der Waals surface area contributed by atoms with Crippen LogP contribution in [-0.4, -0.2) is 49.8 Å². The van der Waals surface area contributed by atoms with Crippen LogP contribution in [0.5, 0.6) is 0 Å². The highest BCUT2D eigenvalue weighted by Crippen LogP contribution is 2.37. The molecule has 0 bridgehead atoms. The Labute approximate surface area is 127 Å². The molecule has 1 N–H and O–H groups in total. The predicted molar refractivity (Wildman–Crippen MR) is 81.7 cm³/mol. The molecule has 2 aliphatic rings. The summed E-state index contributed by atoms with van der Waals surface area (Å²) in [6.07, 6.45) is 5.30. The number of rotatable bonds is 2. The number of piperazine rings is 1. The summed E-state index contributed by atoms with van der Waals surface area (Å²) in [5, 5.41) is 16.4. The van der Waals surface area contributed by atoms with Crippen LogP contribution in [0.3, 0.4) is 0 Å². The van der Waals surface area contributed by atoms with Crippen LogP contribution in [0.15, 0.2) is 0 Å². The molecule has 1 aliphatic carbocycles. The molecule has 1 aromatic rings. The van der Waals surface area contributed by atoms with E-state index in [0.29, 0.717) is 11.6 Å². The van der Waals surface area contributed by atoms with Gasteiger partial charge in [0.2, 0.25) is 0 Å². The Morgan fingerprint density at radius 2 is 2.00 bits per heavy atom. The minimum Gasteiger partial charge on any atom is -0.308 e. The van der Waals surface area contributed by atoms with Crippen LogP contribution in [-0.2, 0) is 13.6 Å². The van der Waals surface area contributed by atoms with Gasteiger partial charge in [0, 0.05) is 24.7 Å². The Bertz CT molecular complexity index is 483. The highest BCUT2D eigenvalue weighted by Gasteiger charge is 2.44. The fraction of sp³-hybridized carbons (Fsp3) is 0.933. The van der Waals surface area contributed by atoms with Crippen LogP contribution in [0, 0.1) is 5.41 Å². The molecular weight excluding hydrogens is 264 g/mol. The molecule has 0 aromatic carbocycles. The second-order valence-corrected chi connectivity index (χ2v) is 7.85. The molecule has 1 spiro atoms. The highest BCUT2D eigenvalue weighted by molar-refractivity contribution is 5.03. The molecule has 1 saturated carbocycles. The Hall–Kier alpha value is -1.01. The smallest absolute Gasteiger partial charge is 0.188 e. The van der Waals surface area contributed by atoms with Gasteiger partial charge >= 0.3 is 0 Å². The molecule has 6 heteroatoms. The molecule has 2 fully saturated rings. The maximum atomic E-state index is 4.37. The lowest BCUT2D eigenvalue weighted by Gasteiger charge is -2.50. The fourth-order valence-corrected chi connectivity index (χ4v) is 3.97. The van der Waals surface area contributed by atoms with Gasteiger partial charge in [-0.15, -0.1) is 10.2 Å². The van der Waals surface area contributed by atoms with E-state index in [2.05, 4.69) is 46.4 Å². The van der Waals surface area contributed by atoms with Crippen molar-refractivity contribution in [2.45, 2.75) is 64.6 Å². The van der Waals surface area contributed by atoms with Crippen LogP contribution < -0.4 is 5.32 Å². The van der Waals surface area contributed by atoms with Crippen molar-refractivity contribution in [1.82, 2.24) is 30.4 Å². The minimum absolute atomic E-state index is 0.245. The third-order valence-electron chi connectivity index (χ3n) is 5.07. The third-order valence-corrected chi connectivity index (χ3v) is 5.07. The normalized spacial score (nSPS) is 26.6. The summed E-state index contributed by atoms with van der Waals surface area (Å²) in [5.41, 5.74) is 0.569. The number of aryl methyl sites for hydroxylation is 1. The fourth-order valence-electron chi connectivity index (χ4n) is 3.97. The zero-order valence-corrected chi connectivity index (χ0v) is 13.8. The van der Waals surface area contributed by atoms with Crippen LogP contribution in [0.4, 0.5) is 0 Å². The summed E-state index contributed by atoms with van der Waals surface area (Å²) in [4.78, 5) is 4.13. The summed E-state index contributed by atoms with van der Waals surface area (Å²) in [6.45, 7) is 9.94. The van der Waals surface area contributed by atoms with Crippen molar-refractivity contribution in [2.75, 3.05) is 13.1 Å². The van der Waals surface area contributed by atoms with Gasteiger partial charge in [-0.25, -0.2) is 0 Å². The lowest BCUT2D eigenvalue weighted by molar-refractivity contribution is 0.0162. The van der Waals surface area contributed by atoms with Gasteiger partial charge in [-0.2, -0.15) is 4.80 Å². The van der Waals surface area contributed by atoms with Crippen LogP contribution >= 0.6 is 0 Å². The van der Waals surface area contributed by atoms with Crippen LogP contribution in [0.1, 0.15) is 52.3 Å². The van der Waals surface area contributed by atoms with Crippen LogP contribution in [0.2, 0.25) is 0 Å².